The molecule has 0 spiro atoms. The van der Waals surface area contributed by atoms with Crippen LogP contribution in [-0.2, 0) is 38.3 Å². The van der Waals surface area contributed by atoms with Crippen LogP contribution in [0, 0.1) is 0 Å². The Hall–Kier alpha value is -1.16. The highest BCUT2D eigenvalue weighted by atomic mass is 32.3. The fourth-order valence-corrected chi connectivity index (χ4v) is 7.12. The Morgan fingerprint density at radius 2 is 1.17 bits per heavy atom. The van der Waals surface area contributed by atoms with Gasteiger partial charge in [-0.05, 0) is 38.5 Å². The van der Waals surface area contributed by atoms with Gasteiger partial charge < -0.3 is 34.3 Å². The van der Waals surface area contributed by atoms with Crippen molar-refractivity contribution in [1.82, 2.24) is 0 Å². The summed E-state index contributed by atoms with van der Waals surface area (Å²) in [6.07, 6.45) is 25.5. The van der Waals surface area contributed by atoms with E-state index in [4.69, 9.17) is 23.5 Å². The smallest absolute Gasteiger partial charge is 0.397 e. The zero-order chi connectivity index (χ0) is 39.7. The number of aliphatic hydroxyl groups excluding tert-OH is 3. The van der Waals surface area contributed by atoms with E-state index < -0.39 is 59.8 Å². The zero-order valence-corrected chi connectivity index (χ0v) is 34.6. The van der Waals surface area contributed by atoms with E-state index >= 15 is 0 Å². The largest absolute Gasteiger partial charge is 0.457 e. The Morgan fingerprint density at radius 3 is 1.67 bits per heavy atom. The number of unbranched alkanes of at least 4 members (excludes halogenated alkanes) is 22. The highest BCUT2D eigenvalue weighted by Gasteiger charge is 2.48. The zero-order valence-electron chi connectivity index (χ0n) is 33.8. The van der Waals surface area contributed by atoms with Gasteiger partial charge in [0.05, 0.1) is 19.8 Å². The lowest BCUT2D eigenvalue weighted by atomic mass is 9.99. The van der Waals surface area contributed by atoms with Crippen LogP contribution in [-0.4, -0.2) is 97.5 Å². The van der Waals surface area contributed by atoms with Gasteiger partial charge in [0.15, 0.2) is 6.29 Å². The van der Waals surface area contributed by atoms with E-state index in [1.54, 1.807) is 0 Å². The molecule has 1 aliphatic rings. The molecule has 6 unspecified atom stereocenters. The summed E-state index contributed by atoms with van der Waals surface area (Å²) < 4.78 is 58.8. The van der Waals surface area contributed by atoms with Gasteiger partial charge in [-0.3, -0.25) is 9.35 Å². The molecule has 1 aliphatic heterocycles. The van der Waals surface area contributed by atoms with E-state index in [0.29, 0.717) is 13.0 Å². The highest BCUT2D eigenvalue weighted by molar-refractivity contribution is 7.80. The van der Waals surface area contributed by atoms with E-state index in [1.807, 2.05) is 0 Å². The summed E-state index contributed by atoms with van der Waals surface area (Å²) in [6.45, 7) is 3.95. The lowest BCUT2D eigenvalue weighted by Gasteiger charge is -2.41. The van der Waals surface area contributed by atoms with Crippen LogP contribution in [0.25, 0.3) is 0 Å². The average Bonchev–Trinajstić information content (AvgIpc) is 3.14. The van der Waals surface area contributed by atoms with E-state index in [0.717, 1.165) is 38.5 Å². The van der Waals surface area contributed by atoms with Gasteiger partial charge in [-0.1, -0.05) is 148 Å². The molecule has 13 heteroatoms. The van der Waals surface area contributed by atoms with Gasteiger partial charge in [0.2, 0.25) is 0 Å². The van der Waals surface area contributed by atoms with Crippen LogP contribution < -0.4 is 0 Å². The molecule has 1 rings (SSSR count). The van der Waals surface area contributed by atoms with Crippen LogP contribution in [0.5, 0.6) is 0 Å². The number of carbonyl (C=O) groups is 1. The topological polar surface area (TPSA) is 178 Å². The standard InChI is InChI=1S/C41H78O12S/c1-3-5-7-9-11-13-14-15-16-17-18-19-20-21-22-23-25-27-29-31-49-33-35(51-37(43)30-28-26-24-12-10-8-6-4-2)34-50-41-39(45)40(53-54(46,47)48)38(44)36(32-42)52-41/h16-17,35-36,38-42,44-45H,3-15,18-34H2,1-2H3,(H,46,47,48)/b17-16-. The number of hydrogen-bond acceptors (Lipinski definition) is 11. The lowest BCUT2D eigenvalue weighted by Crippen LogP contribution is -2.60. The summed E-state index contributed by atoms with van der Waals surface area (Å²) in [5, 5.41) is 30.5. The molecule has 4 N–H and O–H groups in total. The molecule has 0 saturated carbocycles. The monoisotopic (exact) mass is 795 g/mol. The van der Waals surface area contributed by atoms with Crippen molar-refractivity contribution >= 4 is 16.4 Å². The minimum absolute atomic E-state index is 0.0382. The SMILES string of the molecule is CCCCCCCCC/C=C\CCCCCCCCCCOCC(COC1OC(CO)C(O)C(OS(=O)(=O)O)C1O)OC(=O)CCCCCCCCCC. The molecule has 1 saturated heterocycles. The maximum Gasteiger partial charge on any atom is 0.397 e. The number of esters is 1. The van der Waals surface area contributed by atoms with Crippen LogP contribution in [0.1, 0.15) is 181 Å². The first-order chi connectivity index (χ1) is 26.1. The second-order valence-corrected chi connectivity index (χ2v) is 16.0. The predicted molar refractivity (Wildman–Crippen MR) is 211 cm³/mol. The Morgan fingerprint density at radius 1 is 0.685 bits per heavy atom. The van der Waals surface area contributed by atoms with Gasteiger partial charge in [0.1, 0.15) is 30.5 Å². The normalized spacial score (nSPS) is 21.2. The average molecular weight is 795 g/mol. The van der Waals surface area contributed by atoms with Crippen molar-refractivity contribution in [2.24, 2.45) is 0 Å². The van der Waals surface area contributed by atoms with Crippen molar-refractivity contribution in [3.05, 3.63) is 12.2 Å². The molecule has 0 bridgehead atoms. The van der Waals surface area contributed by atoms with Gasteiger partial charge in [-0.25, -0.2) is 4.18 Å². The fourth-order valence-electron chi connectivity index (χ4n) is 6.61. The minimum Gasteiger partial charge on any atom is -0.457 e. The quantitative estimate of drug-likeness (QED) is 0.0205. The second kappa shape index (κ2) is 33.9. The van der Waals surface area contributed by atoms with E-state index in [1.165, 1.54) is 116 Å². The summed E-state index contributed by atoms with van der Waals surface area (Å²) in [5.41, 5.74) is 0. The van der Waals surface area contributed by atoms with Crippen LogP contribution in [0.15, 0.2) is 12.2 Å². The molecular weight excluding hydrogens is 717 g/mol. The number of rotatable bonds is 37. The third-order valence-electron chi connectivity index (χ3n) is 9.89. The van der Waals surface area contributed by atoms with Gasteiger partial charge in [0.25, 0.3) is 0 Å². The number of aliphatic hydroxyl groups is 3. The molecule has 1 fully saturated rings. The maximum atomic E-state index is 12.7. The molecule has 0 amide bonds. The molecule has 12 nitrogen and oxygen atoms in total. The summed E-state index contributed by atoms with van der Waals surface area (Å²) in [5.74, 6) is -0.404. The number of hydrogen-bond donors (Lipinski definition) is 4. The van der Waals surface area contributed by atoms with Crippen molar-refractivity contribution in [3.63, 3.8) is 0 Å². The van der Waals surface area contributed by atoms with Gasteiger partial charge in [-0.2, -0.15) is 8.42 Å². The van der Waals surface area contributed by atoms with Crippen molar-refractivity contribution in [1.29, 1.82) is 0 Å². The first-order valence-corrected chi connectivity index (χ1v) is 22.8. The van der Waals surface area contributed by atoms with Crippen molar-refractivity contribution < 1.29 is 56.2 Å². The summed E-state index contributed by atoms with van der Waals surface area (Å²) in [6, 6.07) is 0. The first-order valence-electron chi connectivity index (χ1n) is 21.4. The lowest BCUT2D eigenvalue weighted by molar-refractivity contribution is -0.301. The molecule has 0 aromatic rings. The fraction of sp³-hybridized carbons (Fsp3) is 0.927. The van der Waals surface area contributed by atoms with Crippen molar-refractivity contribution in [2.45, 2.75) is 218 Å². The summed E-state index contributed by atoms with van der Waals surface area (Å²) in [7, 11) is -5.05. The van der Waals surface area contributed by atoms with Gasteiger partial charge in [0, 0.05) is 13.0 Å². The van der Waals surface area contributed by atoms with Crippen LogP contribution in [0.2, 0.25) is 0 Å². The predicted octanol–water partition coefficient (Wildman–Crippen LogP) is 8.30. The third kappa shape index (κ3) is 27.4. The molecule has 320 valence electrons. The van der Waals surface area contributed by atoms with Crippen LogP contribution in [0.3, 0.4) is 0 Å². The Balaban J connectivity index is 2.38. The molecule has 0 radical (unpaired) electrons. The summed E-state index contributed by atoms with van der Waals surface area (Å²) >= 11 is 0. The molecule has 0 aliphatic carbocycles. The maximum absolute atomic E-state index is 12.7. The first kappa shape index (κ1) is 50.9. The minimum atomic E-state index is -5.05. The van der Waals surface area contributed by atoms with Crippen molar-refractivity contribution in [2.75, 3.05) is 26.4 Å². The Bertz CT molecular complexity index is 1010. The van der Waals surface area contributed by atoms with Crippen LogP contribution in [0.4, 0.5) is 0 Å². The van der Waals surface area contributed by atoms with Crippen LogP contribution >= 0.6 is 0 Å². The molecular formula is C41H78O12S. The Labute approximate surface area is 328 Å². The number of allylic oxidation sites excluding steroid dienone is 2. The molecule has 54 heavy (non-hydrogen) atoms. The Kier molecular flexibility index (Phi) is 32.0. The molecule has 0 aromatic carbocycles. The molecule has 1 heterocycles. The van der Waals surface area contributed by atoms with E-state index in [2.05, 4.69) is 30.2 Å². The molecule has 6 atom stereocenters. The molecule has 0 aromatic heterocycles. The number of carbonyl (C=O) groups excluding carboxylic acids is 1. The van der Waals surface area contributed by atoms with Gasteiger partial charge >= 0.3 is 16.4 Å². The highest BCUT2D eigenvalue weighted by Crippen LogP contribution is 2.26. The van der Waals surface area contributed by atoms with E-state index in [-0.39, 0.29) is 19.6 Å². The number of ether oxygens (including phenoxy) is 4. The summed E-state index contributed by atoms with van der Waals surface area (Å²) in [4.78, 5) is 12.7. The van der Waals surface area contributed by atoms with E-state index in [9.17, 15) is 28.5 Å². The van der Waals surface area contributed by atoms with Gasteiger partial charge in [-0.15, -0.1) is 0 Å². The third-order valence-corrected chi connectivity index (χ3v) is 10.4. The second-order valence-electron chi connectivity index (χ2n) is 14.9. The van der Waals surface area contributed by atoms with Crippen molar-refractivity contribution in [3.8, 4) is 0 Å².